The van der Waals surface area contributed by atoms with Crippen LogP contribution in [-0.2, 0) is 0 Å². The summed E-state index contributed by atoms with van der Waals surface area (Å²) in [5.41, 5.74) is 8.89. The van der Waals surface area contributed by atoms with Crippen LogP contribution in [0.1, 0.15) is 0 Å². The molecule has 0 spiro atoms. The summed E-state index contributed by atoms with van der Waals surface area (Å²) in [6, 6.07) is 73.4. The first-order valence-electron chi connectivity index (χ1n) is 19.4. The van der Waals surface area contributed by atoms with E-state index in [9.17, 15) is 0 Å². The Morgan fingerprint density at radius 2 is 1.05 bits per heavy atom. The van der Waals surface area contributed by atoms with Gasteiger partial charge in [-0.05, 0) is 0 Å². The molecule has 1 aliphatic heterocycles. The molecule has 0 saturated carbocycles. The zero-order chi connectivity index (χ0) is 37.5. The van der Waals surface area contributed by atoms with E-state index in [1.54, 1.807) is 0 Å². The van der Waals surface area contributed by atoms with Crippen LogP contribution in [0.2, 0.25) is 0 Å². The van der Waals surface area contributed by atoms with Gasteiger partial charge in [0.1, 0.15) is 0 Å². The summed E-state index contributed by atoms with van der Waals surface area (Å²) in [4.78, 5) is 11.2. The molecule has 0 bridgehead atoms. The fourth-order valence-electron chi connectivity index (χ4n) is 9.49. The van der Waals surface area contributed by atoms with Crippen molar-refractivity contribution in [2.45, 2.75) is 0 Å². The summed E-state index contributed by atoms with van der Waals surface area (Å²) in [5, 5.41) is 5.15. The Kier molecular flexibility index (Phi) is 7.28. The standard InChI is InChI=1S/C52H33GeN3S/c1-4-17-34(18-5-1)52-54-50(49-51(55-52)41-27-10-13-28-44(41)53(49,36-20-6-2-7-21-36)37-22-8-3-9-23-37)35-19-16-24-38(31-35)56-45-29-14-11-25-39(45)42-32-43-40-26-12-15-30-47(40)57-48(43)33-46(42)56/h1-33H. The molecular formula is C52H33GeN3S. The van der Waals surface area contributed by atoms with Gasteiger partial charge < -0.3 is 0 Å². The first kappa shape index (κ1) is 32.6. The average molecular weight is 805 g/mol. The third kappa shape index (κ3) is 4.78. The van der Waals surface area contributed by atoms with Gasteiger partial charge in [0.2, 0.25) is 0 Å². The molecule has 0 fully saturated rings. The molecule has 5 heteroatoms. The first-order chi connectivity index (χ1) is 28.3. The molecule has 57 heavy (non-hydrogen) atoms. The van der Waals surface area contributed by atoms with Crippen LogP contribution in [0.4, 0.5) is 0 Å². The molecule has 3 aromatic heterocycles. The predicted octanol–water partition coefficient (Wildman–Crippen LogP) is 10.6. The summed E-state index contributed by atoms with van der Waals surface area (Å²) in [6.45, 7) is 0. The maximum absolute atomic E-state index is 5.65. The van der Waals surface area contributed by atoms with Gasteiger partial charge in [-0.25, -0.2) is 0 Å². The van der Waals surface area contributed by atoms with Gasteiger partial charge in [-0.15, -0.1) is 0 Å². The second-order valence-electron chi connectivity index (χ2n) is 14.9. The summed E-state index contributed by atoms with van der Waals surface area (Å²) >= 11 is -1.85. The van der Waals surface area contributed by atoms with Gasteiger partial charge in [-0.1, -0.05) is 12.1 Å². The van der Waals surface area contributed by atoms with Crippen LogP contribution in [0, 0.1) is 0 Å². The second kappa shape index (κ2) is 12.7. The summed E-state index contributed by atoms with van der Waals surface area (Å²) in [5.74, 6) is 0.743. The van der Waals surface area contributed by atoms with E-state index < -0.39 is 13.3 Å². The Labute approximate surface area is 336 Å². The van der Waals surface area contributed by atoms with Crippen LogP contribution in [0.3, 0.4) is 0 Å². The Bertz CT molecular complexity index is 3310. The molecule has 0 N–H and O–H groups in total. The summed E-state index contributed by atoms with van der Waals surface area (Å²) in [7, 11) is 0. The molecular weight excluding hydrogens is 771 g/mol. The maximum atomic E-state index is 5.65. The molecule has 0 radical (unpaired) electrons. The van der Waals surface area contributed by atoms with E-state index in [-0.39, 0.29) is 0 Å². The quantitative estimate of drug-likeness (QED) is 0.162. The van der Waals surface area contributed by atoms with Crippen molar-refractivity contribution in [2.75, 3.05) is 0 Å². The van der Waals surface area contributed by atoms with Crippen LogP contribution in [-0.4, -0.2) is 27.8 Å². The zero-order valence-electron chi connectivity index (χ0n) is 30.8. The predicted molar refractivity (Wildman–Crippen MR) is 243 cm³/mol. The van der Waals surface area contributed by atoms with Crippen molar-refractivity contribution in [3.05, 3.63) is 200 Å². The molecule has 0 unspecified atom stereocenters. The SMILES string of the molecule is c1ccc(-c2nc(-c3cccc(-n4c5ccccc5c5cc6c(cc54)sc4ccccc46)c3)[c]3c(n2)-c2cccc[c]2[Ge]3([c]2ccccc2)[c]2ccccc2)cc1. The molecule has 0 saturated heterocycles. The van der Waals surface area contributed by atoms with Gasteiger partial charge in [0.15, 0.2) is 0 Å². The molecule has 0 amide bonds. The molecule has 3 nitrogen and oxygen atoms in total. The number of para-hydroxylation sites is 1. The normalized spacial score (nSPS) is 13.1. The Morgan fingerprint density at radius 1 is 0.421 bits per heavy atom. The van der Waals surface area contributed by atoms with E-state index in [1.807, 2.05) is 11.3 Å². The van der Waals surface area contributed by atoms with E-state index >= 15 is 0 Å². The summed E-state index contributed by atoms with van der Waals surface area (Å²) < 4.78 is 10.5. The van der Waals surface area contributed by atoms with Gasteiger partial charge in [0, 0.05) is 0 Å². The van der Waals surface area contributed by atoms with Gasteiger partial charge >= 0.3 is 326 Å². The van der Waals surface area contributed by atoms with E-state index in [2.05, 4.69) is 205 Å². The Balaban J connectivity index is 1.18. The number of aromatic nitrogens is 3. The summed E-state index contributed by atoms with van der Waals surface area (Å²) in [6.07, 6.45) is 0. The number of nitrogens with zero attached hydrogens (tertiary/aromatic N) is 3. The molecule has 0 atom stereocenters. The van der Waals surface area contributed by atoms with Crippen LogP contribution < -0.4 is 17.6 Å². The van der Waals surface area contributed by atoms with Crippen LogP contribution in [0.25, 0.3) is 81.6 Å². The number of rotatable bonds is 5. The Hall–Kier alpha value is -6.60. The van der Waals surface area contributed by atoms with Crippen molar-refractivity contribution in [3.63, 3.8) is 0 Å². The fraction of sp³-hybridized carbons (Fsp3) is 0. The average Bonchev–Trinajstić information content (AvgIpc) is 3.92. The van der Waals surface area contributed by atoms with Crippen molar-refractivity contribution in [1.82, 2.24) is 14.5 Å². The number of thiophene rings is 1. The topological polar surface area (TPSA) is 30.7 Å². The zero-order valence-corrected chi connectivity index (χ0v) is 33.7. The second-order valence-corrected chi connectivity index (χ2v) is 23.7. The third-order valence-corrected chi connectivity index (χ3v) is 23.2. The molecule has 1 aliphatic rings. The molecule has 12 rings (SSSR count). The minimum absolute atomic E-state index is 0.743. The van der Waals surface area contributed by atoms with Crippen LogP contribution >= 0.6 is 11.3 Å². The van der Waals surface area contributed by atoms with Crippen molar-refractivity contribution in [3.8, 4) is 39.6 Å². The fourth-order valence-corrected chi connectivity index (χ4v) is 21.6. The number of hydrogen-bond acceptors (Lipinski definition) is 3. The Morgan fingerprint density at radius 3 is 1.84 bits per heavy atom. The van der Waals surface area contributed by atoms with Gasteiger partial charge in [0.25, 0.3) is 0 Å². The van der Waals surface area contributed by atoms with Crippen LogP contribution in [0.5, 0.6) is 0 Å². The van der Waals surface area contributed by atoms with Gasteiger partial charge in [-0.2, -0.15) is 0 Å². The van der Waals surface area contributed by atoms with E-state index in [0.717, 1.165) is 34.0 Å². The van der Waals surface area contributed by atoms with Gasteiger partial charge in [0.05, 0.1) is 0 Å². The monoisotopic (exact) mass is 805 g/mol. The molecule has 266 valence electrons. The van der Waals surface area contributed by atoms with Crippen molar-refractivity contribution >= 4 is 84.2 Å². The minimum atomic E-state index is -3.72. The molecule has 11 aromatic rings. The number of hydrogen-bond donors (Lipinski definition) is 0. The van der Waals surface area contributed by atoms with E-state index in [0.29, 0.717) is 0 Å². The van der Waals surface area contributed by atoms with Crippen LogP contribution in [0.15, 0.2) is 200 Å². The van der Waals surface area contributed by atoms with Crippen molar-refractivity contribution in [1.29, 1.82) is 0 Å². The van der Waals surface area contributed by atoms with E-state index in [1.165, 1.54) is 65.1 Å². The van der Waals surface area contributed by atoms with Crippen molar-refractivity contribution < 1.29 is 0 Å². The number of benzene rings is 8. The molecule has 8 aromatic carbocycles. The molecule has 4 heterocycles. The first-order valence-corrected chi connectivity index (χ1v) is 24.4. The number of fused-ring (bicyclic) bond motifs is 9. The third-order valence-electron chi connectivity index (χ3n) is 11.9. The van der Waals surface area contributed by atoms with Crippen molar-refractivity contribution in [2.24, 2.45) is 0 Å². The van der Waals surface area contributed by atoms with E-state index in [4.69, 9.17) is 9.97 Å². The molecule has 0 aliphatic carbocycles. The van der Waals surface area contributed by atoms with Gasteiger partial charge in [-0.3, -0.25) is 0 Å².